The molecule has 0 saturated heterocycles. The monoisotopic (exact) mass is 346 g/mol. The van der Waals surface area contributed by atoms with Gasteiger partial charge in [-0.3, -0.25) is 0 Å². The number of hydrogen-bond donors (Lipinski definition) is 2. The van der Waals surface area contributed by atoms with Gasteiger partial charge in [0.05, 0.1) is 12.3 Å². The van der Waals surface area contributed by atoms with E-state index in [1.807, 2.05) is 13.1 Å². The highest BCUT2D eigenvalue weighted by Gasteiger charge is 2.24. The number of nitrogens with two attached hydrogens (primary N) is 1. The Bertz CT molecular complexity index is 706. The standard InChI is InChI=1S/C12H18N4O2S3/c1-3-5-21(17,18)10-11(13)16-20-12(10)15-7-9-14-6-8(4-2)19-9/h6,15H,3-5,7H2,1-2H3,(H2,13,16). The molecule has 0 aliphatic rings. The van der Waals surface area contributed by atoms with E-state index in [4.69, 9.17) is 5.73 Å². The molecule has 0 unspecified atom stereocenters. The van der Waals surface area contributed by atoms with Gasteiger partial charge < -0.3 is 11.1 Å². The van der Waals surface area contributed by atoms with Gasteiger partial charge in [0.25, 0.3) is 0 Å². The van der Waals surface area contributed by atoms with Crippen LogP contribution in [0.2, 0.25) is 0 Å². The molecule has 0 fully saturated rings. The van der Waals surface area contributed by atoms with E-state index in [0.29, 0.717) is 18.0 Å². The van der Waals surface area contributed by atoms with E-state index in [1.54, 1.807) is 11.3 Å². The molecular weight excluding hydrogens is 328 g/mol. The number of nitrogen functional groups attached to an aromatic ring is 1. The number of rotatable bonds is 7. The number of anilines is 2. The summed E-state index contributed by atoms with van der Waals surface area (Å²) < 4.78 is 28.4. The number of nitrogens with one attached hydrogen (secondary N) is 1. The van der Waals surface area contributed by atoms with Crippen LogP contribution >= 0.6 is 22.9 Å². The zero-order valence-electron chi connectivity index (χ0n) is 11.9. The van der Waals surface area contributed by atoms with Crippen molar-refractivity contribution in [2.24, 2.45) is 0 Å². The average molecular weight is 347 g/mol. The van der Waals surface area contributed by atoms with Gasteiger partial charge in [-0.25, -0.2) is 13.4 Å². The summed E-state index contributed by atoms with van der Waals surface area (Å²) >= 11 is 2.68. The summed E-state index contributed by atoms with van der Waals surface area (Å²) in [5, 5.41) is 4.51. The lowest BCUT2D eigenvalue weighted by molar-refractivity contribution is 0.595. The second-order valence-corrected chi connectivity index (χ2v) is 8.49. The highest BCUT2D eigenvalue weighted by atomic mass is 32.2. The Balaban J connectivity index is 2.18. The van der Waals surface area contributed by atoms with Gasteiger partial charge in [-0.15, -0.1) is 11.3 Å². The summed E-state index contributed by atoms with van der Waals surface area (Å²) in [4.78, 5) is 5.63. The van der Waals surface area contributed by atoms with Crippen molar-refractivity contribution in [3.8, 4) is 0 Å². The van der Waals surface area contributed by atoms with Crippen molar-refractivity contribution in [1.29, 1.82) is 0 Å². The van der Waals surface area contributed by atoms with Crippen molar-refractivity contribution < 1.29 is 8.42 Å². The number of thiazole rings is 1. The van der Waals surface area contributed by atoms with Crippen molar-refractivity contribution in [2.45, 2.75) is 38.1 Å². The van der Waals surface area contributed by atoms with Crippen molar-refractivity contribution in [1.82, 2.24) is 9.36 Å². The topological polar surface area (TPSA) is 98.0 Å². The Morgan fingerprint density at radius 1 is 1.38 bits per heavy atom. The highest BCUT2D eigenvalue weighted by molar-refractivity contribution is 7.91. The zero-order valence-corrected chi connectivity index (χ0v) is 14.4. The number of nitrogens with zero attached hydrogens (tertiary/aromatic N) is 2. The molecule has 0 aliphatic heterocycles. The summed E-state index contributed by atoms with van der Waals surface area (Å²) in [5.74, 6) is 0.144. The fourth-order valence-corrected chi connectivity index (χ4v) is 5.25. The van der Waals surface area contributed by atoms with Crippen LogP contribution < -0.4 is 11.1 Å². The maximum Gasteiger partial charge on any atom is 0.185 e. The van der Waals surface area contributed by atoms with Crippen LogP contribution in [0, 0.1) is 0 Å². The van der Waals surface area contributed by atoms with E-state index in [9.17, 15) is 8.42 Å². The molecule has 0 spiro atoms. The van der Waals surface area contributed by atoms with E-state index < -0.39 is 9.84 Å². The molecule has 0 aromatic carbocycles. The van der Waals surface area contributed by atoms with Crippen LogP contribution in [-0.2, 0) is 22.8 Å². The highest BCUT2D eigenvalue weighted by Crippen LogP contribution is 2.33. The van der Waals surface area contributed by atoms with Crippen LogP contribution in [0.5, 0.6) is 0 Å². The molecule has 0 bridgehead atoms. The molecule has 0 amide bonds. The van der Waals surface area contributed by atoms with Gasteiger partial charge in [0.15, 0.2) is 15.7 Å². The van der Waals surface area contributed by atoms with Gasteiger partial charge in [-0.1, -0.05) is 13.8 Å². The molecular formula is C12H18N4O2S3. The molecule has 2 aromatic heterocycles. The van der Waals surface area contributed by atoms with Crippen LogP contribution in [0.25, 0.3) is 0 Å². The molecule has 3 N–H and O–H groups in total. The van der Waals surface area contributed by atoms with Crippen LogP contribution in [0.4, 0.5) is 10.8 Å². The minimum absolute atomic E-state index is 0.0710. The first kappa shape index (κ1) is 16.2. The van der Waals surface area contributed by atoms with Crippen LogP contribution in [0.1, 0.15) is 30.2 Å². The van der Waals surface area contributed by atoms with Gasteiger partial charge in [0.2, 0.25) is 0 Å². The average Bonchev–Trinajstić information content (AvgIpc) is 3.02. The van der Waals surface area contributed by atoms with Crippen LogP contribution in [0.15, 0.2) is 11.1 Å². The Hall–Kier alpha value is -1.19. The number of aryl methyl sites for hydroxylation is 1. The first-order valence-electron chi connectivity index (χ1n) is 6.63. The zero-order chi connectivity index (χ0) is 15.5. The fraction of sp³-hybridized carbons (Fsp3) is 0.500. The first-order valence-corrected chi connectivity index (χ1v) is 9.87. The normalized spacial score (nSPS) is 11.7. The molecule has 0 radical (unpaired) electrons. The Labute approximate surface area is 132 Å². The maximum absolute atomic E-state index is 12.2. The van der Waals surface area contributed by atoms with E-state index in [-0.39, 0.29) is 16.5 Å². The summed E-state index contributed by atoms with van der Waals surface area (Å²) in [6.07, 6.45) is 3.34. The second-order valence-electron chi connectivity index (χ2n) is 4.47. The molecule has 2 heterocycles. The van der Waals surface area contributed by atoms with Gasteiger partial charge >= 0.3 is 0 Å². The Morgan fingerprint density at radius 3 is 2.76 bits per heavy atom. The van der Waals surface area contributed by atoms with Gasteiger partial charge in [0.1, 0.15) is 14.9 Å². The molecule has 0 atom stereocenters. The Kier molecular flexibility index (Phi) is 5.17. The number of hydrogen-bond acceptors (Lipinski definition) is 8. The van der Waals surface area contributed by atoms with Crippen molar-refractivity contribution in [3.63, 3.8) is 0 Å². The summed E-state index contributed by atoms with van der Waals surface area (Å²) in [5.41, 5.74) is 5.72. The lowest BCUT2D eigenvalue weighted by Gasteiger charge is -2.06. The molecule has 9 heteroatoms. The van der Waals surface area contributed by atoms with E-state index in [0.717, 1.165) is 23.0 Å². The quantitative estimate of drug-likeness (QED) is 0.799. The third kappa shape index (κ3) is 3.72. The van der Waals surface area contributed by atoms with Gasteiger partial charge in [0, 0.05) is 11.1 Å². The molecule has 0 saturated carbocycles. The van der Waals surface area contributed by atoms with E-state index in [1.165, 1.54) is 4.88 Å². The molecule has 0 aliphatic carbocycles. The molecule has 2 rings (SSSR count). The van der Waals surface area contributed by atoms with E-state index >= 15 is 0 Å². The molecule has 21 heavy (non-hydrogen) atoms. The predicted octanol–water partition coefficient (Wildman–Crippen LogP) is 2.54. The van der Waals surface area contributed by atoms with Gasteiger partial charge in [-0.05, 0) is 24.4 Å². The minimum atomic E-state index is -3.39. The molecule has 116 valence electrons. The lowest BCUT2D eigenvalue weighted by Crippen LogP contribution is -2.10. The summed E-state index contributed by atoms with van der Waals surface area (Å²) in [7, 11) is -3.39. The fourth-order valence-electron chi connectivity index (χ4n) is 1.83. The molecule has 6 nitrogen and oxygen atoms in total. The maximum atomic E-state index is 12.2. The minimum Gasteiger partial charge on any atom is -0.382 e. The number of sulfone groups is 1. The third-order valence-electron chi connectivity index (χ3n) is 2.81. The van der Waals surface area contributed by atoms with Crippen molar-refractivity contribution in [2.75, 3.05) is 16.8 Å². The van der Waals surface area contributed by atoms with Crippen molar-refractivity contribution >= 4 is 43.5 Å². The summed E-state index contributed by atoms with van der Waals surface area (Å²) in [6, 6.07) is 0. The van der Waals surface area contributed by atoms with Crippen molar-refractivity contribution in [3.05, 3.63) is 16.1 Å². The largest absolute Gasteiger partial charge is 0.382 e. The van der Waals surface area contributed by atoms with E-state index in [2.05, 4.69) is 21.6 Å². The predicted molar refractivity (Wildman–Crippen MR) is 87.7 cm³/mol. The molecule has 2 aromatic rings. The third-order valence-corrected chi connectivity index (χ3v) is 6.88. The first-order chi connectivity index (χ1) is 9.97. The smallest absolute Gasteiger partial charge is 0.185 e. The second kappa shape index (κ2) is 6.71. The SMILES string of the molecule is CCCS(=O)(=O)c1c(N)nsc1NCc1ncc(CC)s1. The Morgan fingerprint density at radius 2 is 2.14 bits per heavy atom. The van der Waals surface area contributed by atoms with Crippen LogP contribution in [-0.4, -0.2) is 23.5 Å². The number of aromatic nitrogens is 2. The van der Waals surface area contributed by atoms with Gasteiger partial charge in [-0.2, -0.15) is 4.37 Å². The lowest BCUT2D eigenvalue weighted by atomic mass is 10.4. The van der Waals surface area contributed by atoms with Crippen LogP contribution in [0.3, 0.4) is 0 Å². The summed E-state index contributed by atoms with van der Waals surface area (Å²) in [6.45, 7) is 4.37.